The molecule has 0 aliphatic carbocycles. The van der Waals surface area contributed by atoms with E-state index < -0.39 is 17.5 Å². The number of hydrogen-bond acceptors (Lipinski definition) is 6. The number of allylic oxidation sites excluding steroid dienone is 4. The lowest BCUT2D eigenvalue weighted by Gasteiger charge is -2.19. The average Bonchev–Trinajstić information content (AvgIpc) is 3.28. The van der Waals surface area contributed by atoms with Crippen molar-refractivity contribution in [1.82, 2.24) is 24.4 Å². The second kappa shape index (κ2) is 8.78. The number of amides is 1. The summed E-state index contributed by atoms with van der Waals surface area (Å²) in [5.41, 5.74) is 1.59. The second-order valence-electron chi connectivity index (χ2n) is 7.64. The summed E-state index contributed by atoms with van der Waals surface area (Å²) in [6.45, 7) is 12.7. The molecule has 0 atom stereocenters. The van der Waals surface area contributed by atoms with Gasteiger partial charge in [-0.05, 0) is 26.8 Å². The minimum Gasteiger partial charge on any atom is -0.459 e. The summed E-state index contributed by atoms with van der Waals surface area (Å²) < 4.78 is 8.27. The number of fused-ring (bicyclic) bond motifs is 1. The molecule has 0 aliphatic rings. The van der Waals surface area contributed by atoms with Crippen LogP contribution in [0.5, 0.6) is 0 Å². The molecular formula is C22H24N6O3. The Labute approximate surface area is 179 Å². The number of anilines is 1. The minimum atomic E-state index is -0.615. The van der Waals surface area contributed by atoms with Crippen LogP contribution in [0.4, 0.5) is 5.69 Å². The summed E-state index contributed by atoms with van der Waals surface area (Å²) in [5.74, 6) is -0.854. The highest BCUT2D eigenvalue weighted by atomic mass is 16.6. The fourth-order valence-corrected chi connectivity index (χ4v) is 2.86. The highest BCUT2D eigenvalue weighted by molar-refractivity contribution is 6.09. The van der Waals surface area contributed by atoms with Crippen LogP contribution in [-0.4, -0.2) is 41.9 Å². The molecule has 3 rings (SSSR count). The first-order chi connectivity index (χ1) is 14.7. The van der Waals surface area contributed by atoms with Crippen LogP contribution in [0.2, 0.25) is 0 Å². The van der Waals surface area contributed by atoms with Gasteiger partial charge in [-0.15, -0.1) is 0 Å². The summed E-state index contributed by atoms with van der Waals surface area (Å²) in [5, 5.41) is 11.4. The van der Waals surface area contributed by atoms with Gasteiger partial charge >= 0.3 is 5.97 Å². The third-order valence-corrected chi connectivity index (χ3v) is 4.04. The summed E-state index contributed by atoms with van der Waals surface area (Å²) >= 11 is 0. The van der Waals surface area contributed by atoms with E-state index in [1.54, 1.807) is 63.7 Å². The van der Waals surface area contributed by atoms with E-state index in [4.69, 9.17) is 4.74 Å². The molecule has 9 nitrogen and oxygen atoms in total. The molecule has 3 aromatic rings. The zero-order chi connectivity index (χ0) is 22.6. The molecule has 3 heterocycles. The van der Waals surface area contributed by atoms with Gasteiger partial charge in [0.15, 0.2) is 5.65 Å². The van der Waals surface area contributed by atoms with Crippen molar-refractivity contribution in [2.45, 2.75) is 32.9 Å². The van der Waals surface area contributed by atoms with Gasteiger partial charge in [0, 0.05) is 24.2 Å². The number of carbonyl (C=O) groups excluding carboxylic acids is 2. The van der Waals surface area contributed by atoms with Gasteiger partial charge in [-0.25, -0.2) is 9.50 Å². The van der Waals surface area contributed by atoms with Gasteiger partial charge < -0.3 is 10.1 Å². The van der Waals surface area contributed by atoms with E-state index in [1.165, 1.54) is 15.4 Å². The summed E-state index contributed by atoms with van der Waals surface area (Å²) in [6.07, 6.45) is 11.2. The number of aromatic nitrogens is 5. The molecule has 0 unspecified atom stereocenters. The Kier molecular flexibility index (Phi) is 6.15. The van der Waals surface area contributed by atoms with Crippen LogP contribution in [0.25, 0.3) is 11.2 Å². The van der Waals surface area contributed by atoms with Gasteiger partial charge in [0.2, 0.25) is 0 Å². The van der Waals surface area contributed by atoms with Crippen molar-refractivity contribution in [2.24, 2.45) is 0 Å². The molecule has 9 heteroatoms. The topological polar surface area (TPSA) is 103 Å². The first-order valence-corrected chi connectivity index (χ1v) is 9.56. The van der Waals surface area contributed by atoms with Crippen LogP contribution in [0.1, 0.15) is 36.8 Å². The predicted molar refractivity (Wildman–Crippen MR) is 117 cm³/mol. The molecule has 0 fully saturated rings. The number of esters is 1. The largest absolute Gasteiger partial charge is 0.459 e. The van der Waals surface area contributed by atoms with Gasteiger partial charge in [-0.2, -0.15) is 10.2 Å². The van der Waals surface area contributed by atoms with Crippen molar-refractivity contribution in [2.75, 3.05) is 5.32 Å². The van der Waals surface area contributed by atoms with Crippen LogP contribution >= 0.6 is 0 Å². The monoisotopic (exact) mass is 420 g/mol. The Morgan fingerprint density at radius 2 is 2.06 bits per heavy atom. The Morgan fingerprint density at radius 1 is 1.29 bits per heavy atom. The van der Waals surface area contributed by atoms with E-state index in [1.807, 2.05) is 0 Å². The maximum atomic E-state index is 12.9. The Hall–Kier alpha value is -4.01. The maximum Gasteiger partial charge on any atom is 0.328 e. The van der Waals surface area contributed by atoms with Crippen LogP contribution in [0.15, 0.2) is 62.2 Å². The molecule has 160 valence electrons. The van der Waals surface area contributed by atoms with Crippen molar-refractivity contribution in [3.63, 3.8) is 0 Å². The number of carbonyl (C=O) groups is 2. The molecule has 0 saturated heterocycles. The van der Waals surface area contributed by atoms with Gasteiger partial charge in [0.1, 0.15) is 23.4 Å². The van der Waals surface area contributed by atoms with Gasteiger partial charge in [-0.1, -0.05) is 31.4 Å². The van der Waals surface area contributed by atoms with Crippen LogP contribution in [0.3, 0.4) is 0 Å². The molecule has 1 N–H and O–H groups in total. The van der Waals surface area contributed by atoms with Gasteiger partial charge in [0.05, 0.1) is 11.9 Å². The fourth-order valence-electron chi connectivity index (χ4n) is 2.86. The van der Waals surface area contributed by atoms with Crippen LogP contribution in [-0.2, 0) is 16.1 Å². The molecule has 3 aromatic heterocycles. The van der Waals surface area contributed by atoms with Crippen molar-refractivity contribution in [3.05, 3.63) is 73.5 Å². The second-order valence-corrected chi connectivity index (χ2v) is 7.64. The molecule has 0 spiro atoms. The van der Waals surface area contributed by atoms with Gasteiger partial charge in [0.25, 0.3) is 5.91 Å². The van der Waals surface area contributed by atoms with E-state index in [9.17, 15) is 9.59 Å². The first kappa shape index (κ1) is 21.7. The molecule has 1 amide bonds. The number of ether oxygens (including phenoxy) is 1. The summed E-state index contributed by atoms with van der Waals surface area (Å²) in [6, 6.07) is 1.72. The predicted octanol–water partition coefficient (Wildman–Crippen LogP) is 3.28. The maximum absolute atomic E-state index is 12.9. The van der Waals surface area contributed by atoms with E-state index in [0.29, 0.717) is 28.2 Å². The third-order valence-electron chi connectivity index (χ3n) is 4.04. The number of rotatable bonds is 7. The highest BCUT2D eigenvalue weighted by Crippen LogP contribution is 2.25. The minimum absolute atomic E-state index is 0.114. The fraction of sp³-hybridized carbons (Fsp3) is 0.227. The van der Waals surface area contributed by atoms with Crippen molar-refractivity contribution < 1.29 is 14.3 Å². The highest BCUT2D eigenvalue weighted by Gasteiger charge is 2.21. The van der Waals surface area contributed by atoms with Crippen LogP contribution < -0.4 is 5.32 Å². The molecule has 0 bridgehead atoms. The van der Waals surface area contributed by atoms with E-state index in [-0.39, 0.29) is 6.54 Å². The lowest BCUT2D eigenvalue weighted by atomic mass is 10.1. The zero-order valence-corrected chi connectivity index (χ0v) is 17.7. The average molecular weight is 420 g/mol. The van der Waals surface area contributed by atoms with Crippen molar-refractivity contribution in [3.8, 4) is 0 Å². The standard InChI is InChI=1S/C22H24N6O3/c1-6-9-15(7-2)19-17(13-27(26-19)14-18(29)31-22(3,4)5)25-21(30)16-12-24-28-11-8-10-23-20(16)28/h6-13H,1-2,14H2,3-5H3,(H,25,30)/b15-9+. The van der Waals surface area contributed by atoms with E-state index >= 15 is 0 Å². The molecular weight excluding hydrogens is 396 g/mol. The quantitative estimate of drug-likeness (QED) is 0.465. The number of nitrogens with zero attached hydrogens (tertiary/aromatic N) is 5. The number of nitrogens with one attached hydrogen (secondary N) is 1. The Bertz CT molecular complexity index is 1180. The third kappa shape index (κ3) is 5.13. The normalized spacial score (nSPS) is 11.9. The summed E-state index contributed by atoms with van der Waals surface area (Å²) in [7, 11) is 0. The number of hydrogen-bond donors (Lipinski definition) is 1. The zero-order valence-electron chi connectivity index (χ0n) is 17.7. The molecule has 31 heavy (non-hydrogen) atoms. The van der Waals surface area contributed by atoms with E-state index in [0.717, 1.165) is 0 Å². The Balaban J connectivity index is 1.93. The summed E-state index contributed by atoms with van der Waals surface area (Å²) in [4.78, 5) is 29.4. The molecule has 0 saturated carbocycles. The lowest BCUT2D eigenvalue weighted by molar-refractivity contribution is -0.155. The molecule has 0 aromatic carbocycles. The Morgan fingerprint density at radius 3 is 2.74 bits per heavy atom. The lowest BCUT2D eigenvalue weighted by Crippen LogP contribution is -2.26. The van der Waals surface area contributed by atoms with Crippen molar-refractivity contribution in [1.29, 1.82) is 0 Å². The van der Waals surface area contributed by atoms with Crippen molar-refractivity contribution >= 4 is 28.8 Å². The van der Waals surface area contributed by atoms with E-state index in [2.05, 4.69) is 33.7 Å². The SMILES string of the molecule is C=C/C=C(\C=C)c1nn(CC(=O)OC(C)(C)C)cc1NC(=O)c1cnn2cccnc12. The van der Waals surface area contributed by atoms with Gasteiger partial charge in [-0.3, -0.25) is 14.3 Å². The van der Waals surface area contributed by atoms with Crippen LogP contribution in [0, 0.1) is 0 Å². The molecule has 0 radical (unpaired) electrons. The molecule has 0 aliphatic heterocycles. The smallest absolute Gasteiger partial charge is 0.328 e. The first-order valence-electron chi connectivity index (χ1n) is 9.56.